The molecule has 1 aromatic rings. The zero-order chi connectivity index (χ0) is 12.4. The topological polar surface area (TPSA) is 72.2 Å². The van der Waals surface area contributed by atoms with Crippen LogP contribution in [-0.2, 0) is 17.6 Å². The minimum Gasteiger partial charge on any atom is -0.365 e. The van der Waals surface area contributed by atoms with Gasteiger partial charge in [-0.05, 0) is 31.2 Å². The van der Waals surface area contributed by atoms with Crippen LogP contribution < -0.4 is 11.1 Å². The first kappa shape index (κ1) is 12.8. The first-order valence-electron chi connectivity index (χ1n) is 5.43. The molecule has 0 aliphatic heterocycles. The number of nitrogens with one attached hydrogen (secondary N) is 1. The van der Waals surface area contributed by atoms with Crippen LogP contribution in [0.1, 0.15) is 33.6 Å². The van der Waals surface area contributed by atoms with Crippen molar-refractivity contribution in [1.29, 1.82) is 0 Å². The number of aryl methyl sites for hydroxylation is 1. The molecule has 0 bridgehead atoms. The van der Waals surface area contributed by atoms with E-state index in [4.69, 9.17) is 5.73 Å². The molecule has 4 nitrogen and oxygen atoms in total. The third-order valence-electron chi connectivity index (χ3n) is 2.79. The van der Waals surface area contributed by atoms with E-state index in [0.29, 0.717) is 15.0 Å². The lowest BCUT2D eigenvalue weighted by Gasteiger charge is -2.11. The minimum absolute atomic E-state index is 0.0910. The molecule has 92 valence electrons. The summed E-state index contributed by atoms with van der Waals surface area (Å²) in [4.78, 5) is 24.1. The molecule has 1 heterocycles. The Morgan fingerprint density at radius 2 is 2.06 bits per heavy atom. The maximum absolute atomic E-state index is 11.5. The number of anilines is 1. The van der Waals surface area contributed by atoms with Gasteiger partial charge in [-0.2, -0.15) is 0 Å². The number of thiophene rings is 1. The van der Waals surface area contributed by atoms with Crippen molar-refractivity contribution in [2.24, 2.45) is 5.73 Å². The fourth-order valence-corrected chi connectivity index (χ4v) is 3.58. The Morgan fingerprint density at radius 3 is 2.71 bits per heavy atom. The van der Waals surface area contributed by atoms with Gasteiger partial charge in [0.05, 0.1) is 9.99 Å². The van der Waals surface area contributed by atoms with Crippen molar-refractivity contribution in [2.45, 2.75) is 25.7 Å². The van der Waals surface area contributed by atoms with E-state index in [0.717, 1.165) is 31.2 Å². The highest BCUT2D eigenvalue weighted by Crippen LogP contribution is 2.37. The molecule has 17 heavy (non-hydrogen) atoms. The smallest absolute Gasteiger partial charge is 0.251 e. The molecule has 0 saturated heterocycles. The van der Waals surface area contributed by atoms with Gasteiger partial charge in [0.15, 0.2) is 0 Å². The molecular formula is C11H13IN2O2S. The van der Waals surface area contributed by atoms with E-state index in [1.54, 1.807) is 0 Å². The SMILES string of the molecule is NC(=O)c1c(NC(=O)CI)sc2c1CCCC2. The Bertz CT molecular complexity index is 470. The second-order valence-electron chi connectivity index (χ2n) is 3.96. The number of fused-ring (bicyclic) bond motifs is 1. The quantitative estimate of drug-likeness (QED) is 0.637. The average Bonchev–Trinajstić information content (AvgIpc) is 2.66. The van der Waals surface area contributed by atoms with Crippen molar-refractivity contribution in [3.8, 4) is 0 Å². The van der Waals surface area contributed by atoms with Crippen LogP contribution >= 0.6 is 33.9 Å². The molecule has 2 amide bonds. The molecule has 2 rings (SSSR count). The zero-order valence-electron chi connectivity index (χ0n) is 9.22. The van der Waals surface area contributed by atoms with Crippen LogP contribution in [0.4, 0.5) is 5.00 Å². The fraction of sp³-hybridized carbons (Fsp3) is 0.455. The molecule has 0 saturated carbocycles. The summed E-state index contributed by atoms with van der Waals surface area (Å²) in [5.41, 5.74) is 7.00. The number of carbonyl (C=O) groups excluding carboxylic acids is 2. The maximum atomic E-state index is 11.5. The number of hydrogen-bond acceptors (Lipinski definition) is 3. The van der Waals surface area contributed by atoms with Crippen molar-refractivity contribution in [2.75, 3.05) is 9.74 Å². The van der Waals surface area contributed by atoms with Crippen LogP contribution in [0.25, 0.3) is 0 Å². The number of hydrogen-bond donors (Lipinski definition) is 2. The molecule has 1 aliphatic rings. The zero-order valence-corrected chi connectivity index (χ0v) is 12.2. The van der Waals surface area contributed by atoms with Crippen LogP contribution in [0.15, 0.2) is 0 Å². The predicted molar refractivity (Wildman–Crippen MR) is 77.0 cm³/mol. The standard InChI is InChI=1S/C11H13IN2O2S/c12-5-8(15)14-11-9(10(13)16)6-3-1-2-4-7(6)17-11/h1-5H2,(H2,13,16)(H,14,15). The number of rotatable bonds is 3. The molecule has 0 atom stereocenters. The van der Waals surface area contributed by atoms with Crippen molar-refractivity contribution in [3.05, 3.63) is 16.0 Å². The molecule has 0 spiro atoms. The van der Waals surface area contributed by atoms with Gasteiger partial charge in [-0.3, -0.25) is 9.59 Å². The first-order chi connectivity index (χ1) is 8.13. The van der Waals surface area contributed by atoms with E-state index >= 15 is 0 Å². The summed E-state index contributed by atoms with van der Waals surface area (Å²) >= 11 is 3.49. The number of primary amides is 1. The summed E-state index contributed by atoms with van der Waals surface area (Å²) in [6, 6.07) is 0. The Kier molecular flexibility index (Phi) is 4.03. The molecule has 0 radical (unpaired) electrons. The Balaban J connectivity index is 2.40. The number of nitrogens with two attached hydrogens (primary N) is 1. The van der Waals surface area contributed by atoms with E-state index < -0.39 is 5.91 Å². The van der Waals surface area contributed by atoms with Crippen molar-refractivity contribution in [1.82, 2.24) is 0 Å². The number of halogens is 1. The minimum atomic E-state index is -0.437. The number of carbonyl (C=O) groups is 2. The maximum Gasteiger partial charge on any atom is 0.251 e. The van der Waals surface area contributed by atoms with Gasteiger partial charge in [0.2, 0.25) is 5.91 Å². The molecule has 3 N–H and O–H groups in total. The van der Waals surface area contributed by atoms with Gasteiger partial charge in [0, 0.05) is 4.88 Å². The summed E-state index contributed by atoms with van der Waals surface area (Å²) < 4.78 is 0.374. The van der Waals surface area contributed by atoms with Gasteiger partial charge in [0.25, 0.3) is 5.91 Å². The molecule has 1 aromatic heterocycles. The molecule has 1 aliphatic carbocycles. The van der Waals surface area contributed by atoms with Crippen LogP contribution in [0.2, 0.25) is 0 Å². The molecular weight excluding hydrogens is 351 g/mol. The second kappa shape index (κ2) is 5.34. The average molecular weight is 364 g/mol. The van der Waals surface area contributed by atoms with Crippen molar-refractivity contribution >= 4 is 50.7 Å². The van der Waals surface area contributed by atoms with Crippen LogP contribution in [0.5, 0.6) is 0 Å². The summed E-state index contributed by atoms with van der Waals surface area (Å²) in [5, 5.41) is 3.40. The first-order valence-corrected chi connectivity index (χ1v) is 7.78. The van der Waals surface area contributed by atoms with Crippen LogP contribution in [0.3, 0.4) is 0 Å². The lowest BCUT2D eigenvalue weighted by molar-refractivity contribution is -0.113. The third kappa shape index (κ3) is 2.62. The Labute approximate surface area is 117 Å². The van der Waals surface area contributed by atoms with Gasteiger partial charge in [-0.1, -0.05) is 22.6 Å². The summed E-state index contributed by atoms with van der Waals surface area (Å²) in [5.74, 6) is -0.528. The van der Waals surface area contributed by atoms with Crippen LogP contribution in [-0.4, -0.2) is 16.2 Å². The largest absolute Gasteiger partial charge is 0.365 e. The molecule has 0 fully saturated rings. The van der Waals surface area contributed by atoms with Crippen LogP contribution in [0, 0.1) is 0 Å². The van der Waals surface area contributed by atoms with Crippen molar-refractivity contribution < 1.29 is 9.59 Å². The Hall–Kier alpha value is -0.630. The van der Waals surface area contributed by atoms with Gasteiger partial charge in [-0.25, -0.2) is 0 Å². The second-order valence-corrected chi connectivity index (χ2v) is 5.83. The molecule has 0 unspecified atom stereocenters. The van der Waals surface area contributed by atoms with Crippen molar-refractivity contribution in [3.63, 3.8) is 0 Å². The summed E-state index contributed by atoms with van der Waals surface area (Å²) in [6.07, 6.45) is 4.11. The van der Waals surface area contributed by atoms with E-state index in [1.165, 1.54) is 16.2 Å². The number of amides is 2. The van der Waals surface area contributed by atoms with E-state index in [9.17, 15) is 9.59 Å². The van der Waals surface area contributed by atoms with E-state index in [1.807, 2.05) is 22.6 Å². The fourth-order valence-electron chi connectivity index (χ4n) is 2.07. The predicted octanol–water partition coefficient (Wildman–Crippen LogP) is 2.10. The lowest BCUT2D eigenvalue weighted by Crippen LogP contribution is -2.18. The van der Waals surface area contributed by atoms with Gasteiger partial charge >= 0.3 is 0 Å². The highest BCUT2D eigenvalue weighted by atomic mass is 127. The summed E-state index contributed by atoms with van der Waals surface area (Å²) in [7, 11) is 0. The molecule has 6 heteroatoms. The molecule has 0 aromatic carbocycles. The highest BCUT2D eigenvalue weighted by molar-refractivity contribution is 14.1. The lowest BCUT2D eigenvalue weighted by atomic mass is 9.95. The third-order valence-corrected chi connectivity index (χ3v) is 4.69. The number of alkyl halides is 1. The highest BCUT2D eigenvalue weighted by Gasteiger charge is 2.24. The monoisotopic (exact) mass is 364 g/mol. The summed E-state index contributed by atoms with van der Waals surface area (Å²) in [6.45, 7) is 0. The van der Waals surface area contributed by atoms with E-state index in [-0.39, 0.29) is 5.91 Å². The van der Waals surface area contributed by atoms with Gasteiger partial charge in [0.1, 0.15) is 5.00 Å². The normalized spacial score (nSPS) is 14.2. The Morgan fingerprint density at radius 1 is 1.35 bits per heavy atom. The van der Waals surface area contributed by atoms with Gasteiger partial charge < -0.3 is 11.1 Å². The van der Waals surface area contributed by atoms with Gasteiger partial charge in [-0.15, -0.1) is 11.3 Å². The van der Waals surface area contributed by atoms with E-state index in [2.05, 4.69) is 5.32 Å².